The van der Waals surface area contributed by atoms with E-state index in [-0.39, 0.29) is 0 Å². The minimum Gasteiger partial charge on any atom is -0.298 e. The van der Waals surface area contributed by atoms with Gasteiger partial charge in [0, 0.05) is 29.0 Å². The van der Waals surface area contributed by atoms with Crippen LogP contribution in [0.3, 0.4) is 0 Å². The summed E-state index contributed by atoms with van der Waals surface area (Å²) in [6, 6.07) is 2.14. The van der Waals surface area contributed by atoms with Crippen LogP contribution in [0.15, 0.2) is 15.9 Å². The first-order valence-corrected chi connectivity index (χ1v) is 6.91. The van der Waals surface area contributed by atoms with Crippen molar-refractivity contribution in [3.05, 3.63) is 20.8 Å². The summed E-state index contributed by atoms with van der Waals surface area (Å²) in [5.41, 5.74) is 0. The maximum absolute atomic E-state index is 3.58. The zero-order valence-electron chi connectivity index (χ0n) is 8.50. The molecule has 0 amide bonds. The van der Waals surface area contributed by atoms with Crippen LogP contribution >= 0.6 is 27.3 Å². The molecule has 0 aromatic carbocycles. The SMILES string of the molecule is CCCC1CN(Cc2sccc2Br)C1. The Kier molecular flexibility index (Phi) is 3.63. The van der Waals surface area contributed by atoms with Crippen LogP contribution in [0.25, 0.3) is 0 Å². The predicted octanol–water partition coefficient (Wildman–Crippen LogP) is 3.74. The van der Waals surface area contributed by atoms with Crippen LogP contribution in [0, 0.1) is 5.92 Å². The predicted molar refractivity (Wildman–Crippen MR) is 65.7 cm³/mol. The Balaban J connectivity index is 1.77. The Morgan fingerprint density at radius 3 is 2.93 bits per heavy atom. The van der Waals surface area contributed by atoms with E-state index in [0.29, 0.717) is 0 Å². The zero-order valence-corrected chi connectivity index (χ0v) is 10.9. The summed E-state index contributed by atoms with van der Waals surface area (Å²) in [7, 11) is 0. The van der Waals surface area contributed by atoms with Gasteiger partial charge >= 0.3 is 0 Å². The van der Waals surface area contributed by atoms with Crippen LogP contribution in [0.5, 0.6) is 0 Å². The quantitative estimate of drug-likeness (QED) is 0.808. The first-order chi connectivity index (χ1) is 6.79. The smallest absolute Gasteiger partial charge is 0.0339 e. The van der Waals surface area contributed by atoms with Gasteiger partial charge in [0.25, 0.3) is 0 Å². The van der Waals surface area contributed by atoms with Crippen molar-refractivity contribution in [3.63, 3.8) is 0 Å². The van der Waals surface area contributed by atoms with Crippen LogP contribution in [0.2, 0.25) is 0 Å². The molecule has 0 atom stereocenters. The third-order valence-electron chi connectivity index (χ3n) is 2.79. The summed E-state index contributed by atoms with van der Waals surface area (Å²) in [4.78, 5) is 4.01. The molecule has 0 bridgehead atoms. The van der Waals surface area contributed by atoms with E-state index in [0.717, 1.165) is 12.5 Å². The summed E-state index contributed by atoms with van der Waals surface area (Å²) < 4.78 is 1.28. The molecule has 3 heteroatoms. The lowest BCUT2D eigenvalue weighted by Crippen LogP contribution is -2.45. The van der Waals surface area contributed by atoms with Gasteiger partial charge in [0.15, 0.2) is 0 Å². The van der Waals surface area contributed by atoms with E-state index in [2.05, 4.69) is 39.2 Å². The third kappa shape index (κ3) is 2.38. The summed E-state index contributed by atoms with van der Waals surface area (Å²) in [5.74, 6) is 0.971. The molecule has 0 radical (unpaired) electrons. The van der Waals surface area contributed by atoms with Crippen molar-refractivity contribution >= 4 is 27.3 Å². The third-order valence-corrected chi connectivity index (χ3v) is 4.70. The van der Waals surface area contributed by atoms with Gasteiger partial charge in [-0.25, -0.2) is 0 Å². The van der Waals surface area contributed by atoms with Crippen molar-refractivity contribution < 1.29 is 0 Å². The summed E-state index contributed by atoms with van der Waals surface area (Å²) in [6.07, 6.45) is 2.74. The lowest BCUT2D eigenvalue weighted by atomic mass is 9.95. The van der Waals surface area contributed by atoms with E-state index in [9.17, 15) is 0 Å². The number of rotatable bonds is 4. The minimum absolute atomic E-state index is 0.971. The molecule has 0 saturated carbocycles. The molecule has 0 unspecified atom stereocenters. The lowest BCUT2D eigenvalue weighted by Gasteiger charge is -2.39. The molecule has 1 aromatic heterocycles. The van der Waals surface area contributed by atoms with Gasteiger partial charge < -0.3 is 0 Å². The van der Waals surface area contributed by atoms with Gasteiger partial charge in [-0.15, -0.1) is 11.3 Å². The molecule has 1 aliphatic rings. The number of likely N-dealkylation sites (tertiary alicyclic amines) is 1. The van der Waals surface area contributed by atoms with Gasteiger partial charge in [-0.05, 0) is 39.7 Å². The standard InChI is InChI=1S/C11H16BrNS/c1-2-3-9-6-13(7-9)8-11-10(12)4-5-14-11/h4-5,9H,2-3,6-8H2,1H3. The fourth-order valence-corrected chi connectivity index (χ4v) is 3.56. The van der Waals surface area contributed by atoms with Crippen LogP contribution in [-0.2, 0) is 6.54 Å². The molecule has 1 nitrogen and oxygen atoms in total. The molecule has 1 aliphatic heterocycles. The monoisotopic (exact) mass is 273 g/mol. The van der Waals surface area contributed by atoms with Crippen LogP contribution < -0.4 is 0 Å². The molecule has 14 heavy (non-hydrogen) atoms. The molecule has 2 heterocycles. The van der Waals surface area contributed by atoms with Crippen LogP contribution in [0.1, 0.15) is 24.6 Å². The molecule has 0 spiro atoms. The van der Waals surface area contributed by atoms with Gasteiger partial charge in [-0.3, -0.25) is 4.90 Å². The Morgan fingerprint density at radius 1 is 1.57 bits per heavy atom. The van der Waals surface area contributed by atoms with Gasteiger partial charge in [-0.2, -0.15) is 0 Å². The van der Waals surface area contributed by atoms with Crippen molar-refractivity contribution in [2.75, 3.05) is 13.1 Å². The van der Waals surface area contributed by atoms with Crippen molar-refractivity contribution in [2.24, 2.45) is 5.92 Å². The Labute approximate surface area is 98.2 Å². The highest BCUT2D eigenvalue weighted by Gasteiger charge is 2.25. The molecule has 2 rings (SSSR count). The molecule has 1 fully saturated rings. The van der Waals surface area contributed by atoms with E-state index in [1.807, 2.05) is 11.3 Å². The number of hydrogen-bond acceptors (Lipinski definition) is 2. The fourth-order valence-electron chi connectivity index (χ4n) is 2.04. The fraction of sp³-hybridized carbons (Fsp3) is 0.636. The highest BCUT2D eigenvalue weighted by molar-refractivity contribution is 9.10. The normalized spacial score (nSPS) is 18.4. The Bertz CT molecular complexity index is 291. The van der Waals surface area contributed by atoms with Crippen molar-refractivity contribution in [3.8, 4) is 0 Å². The molecular weight excluding hydrogens is 258 g/mol. The summed E-state index contributed by atoms with van der Waals surface area (Å²) in [6.45, 7) is 6.02. The highest BCUT2D eigenvalue weighted by Crippen LogP contribution is 2.28. The number of thiophene rings is 1. The topological polar surface area (TPSA) is 3.24 Å². The Hall–Kier alpha value is 0.140. The maximum Gasteiger partial charge on any atom is 0.0339 e. The van der Waals surface area contributed by atoms with E-state index < -0.39 is 0 Å². The first kappa shape index (κ1) is 10.7. The highest BCUT2D eigenvalue weighted by atomic mass is 79.9. The van der Waals surface area contributed by atoms with E-state index in [4.69, 9.17) is 0 Å². The number of halogens is 1. The average Bonchev–Trinajstić information content (AvgIpc) is 2.48. The second-order valence-corrected chi connectivity index (χ2v) is 5.90. The number of nitrogens with zero attached hydrogens (tertiary/aromatic N) is 1. The van der Waals surface area contributed by atoms with E-state index in [1.54, 1.807) is 0 Å². The number of hydrogen-bond donors (Lipinski definition) is 0. The second-order valence-electron chi connectivity index (χ2n) is 4.04. The maximum atomic E-state index is 3.58. The van der Waals surface area contributed by atoms with Crippen molar-refractivity contribution in [2.45, 2.75) is 26.3 Å². The molecular formula is C11H16BrNS. The summed E-state index contributed by atoms with van der Waals surface area (Å²) in [5, 5.41) is 2.16. The summed E-state index contributed by atoms with van der Waals surface area (Å²) >= 11 is 5.43. The lowest BCUT2D eigenvalue weighted by molar-refractivity contribution is 0.0869. The van der Waals surface area contributed by atoms with Crippen molar-refractivity contribution in [1.29, 1.82) is 0 Å². The minimum atomic E-state index is 0.971. The largest absolute Gasteiger partial charge is 0.298 e. The van der Waals surface area contributed by atoms with E-state index in [1.165, 1.54) is 35.3 Å². The molecule has 0 aliphatic carbocycles. The van der Waals surface area contributed by atoms with Crippen LogP contribution in [-0.4, -0.2) is 18.0 Å². The van der Waals surface area contributed by atoms with Crippen molar-refractivity contribution in [1.82, 2.24) is 4.90 Å². The van der Waals surface area contributed by atoms with Crippen LogP contribution in [0.4, 0.5) is 0 Å². The average molecular weight is 274 g/mol. The molecule has 78 valence electrons. The van der Waals surface area contributed by atoms with Gasteiger partial charge in [0.05, 0.1) is 0 Å². The molecule has 1 aromatic rings. The Morgan fingerprint density at radius 2 is 2.36 bits per heavy atom. The van der Waals surface area contributed by atoms with E-state index >= 15 is 0 Å². The van der Waals surface area contributed by atoms with Gasteiger partial charge in [0.2, 0.25) is 0 Å². The first-order valence-electron chi connectivity index (χ1n) is 5.23. The molecule has 0 N–H and O–H groups in total. The molecule has 1 saturated heterocycles. The zero-order chi connectivity index (χ0) is 9.97. The van der Waals surface area contributed by atoms with Gasteiger partial charge in [0.1, 0.15) is 0 Å². The van der Waals surface area contributed by atoms with Gasteiger partial charge in [-0.1, -0.05) is 13.3 Å². The second kappa shape index (κ2) is 4.77.